The molecule has 1 aromatic heterocycles. The van der Waals surface area contributed by atoms with Gasteiger partial charge >= 0.3 is 0 Å². The van der Waals surface area contributed by atoms with Gasteiger partial charge in [0.2, 0.25) is 10.0 Å². The summed E-state index contributed by atoms with van der Waals surface area (Å²) in [6, 6.07) is 9.66. The van der Waals surface area contributed by atoms with E-state index in [1.54, 1.807) is 13.2 Å². The van der Waals surface area contributed by atoms with E-state index < -0.39 is 10.0 Å². The summed E-state index contributed by atoms with van der Waals surface area (Å²) in [6.07, 6.45) is 2.30. The summed E-state index contributed by atoms with van der Waals surface area (Å²) in [5.41, 5.74) is 1.08. The molecule has 0 amide bonds. The number of methoxy groups -OCH3 is 1. The summed E-state index contributed by atoms with van der Waals surface area (Å²) < 4.78 is 33.8. The van der Waals surface area contributed by atoms with Gasteiger partial charge in [-0.1, -0.05) is 12.1 Å². The quantitative estimate of drug-likeness (QED) is 0.781. The van der Waals surface area contributed by atoms with Crippen molar-refractivity contribution in [3.8, 4) is 5.75 Å². The van der Waals surface area contributed by atoms with Gasteiger partial charge in [-0.25, -0.2) is 13.1 Å². The molecule has 1 aliphatic heterocycles. The maximum atomic E-state index is 12.8. The number of thiophene rings is 1. The molecule has 142 valence electrons. The van der Waals surface area contributed by atoms with Crippen LogP contribution in [0.3, 0.4) is 0 Å². The number of nitrogens with zero attached hydrogens (tertiary/aromatic N) is 1. The van der Waals surface area contributed by atoms with E-state index >= 15 is 0 Å². The molecule has 0 radical (unpaired) electrons. The second kappa shape index (κ2) is 8.08. The highest BCUT2D eigenvalue weighted by Crippen LogP contribution is 2.29. The minimum atomic E-state index is -3.52. The maximum absolute atomic E-state index is 12.8. The van der Waals surface area contributed by atoms with Gasteiger partial charge in [-0.3, -0.25) is 4.90 Å². The number of sulfonamides is 1. The first-order valence-electron chi connectivity index (χ1n) is 8.85. The zero-order valence-electron chi connectivity index (χ0n) is 15.5. The van der Waals surface area contributed by atoms with Crippen LogP contribution in [0.1, 0.15) is 34.2 Å². The van der Waals surface area contributed by atoms with Gasteiger partial charge in [0.1, 0.15) is 5.75 Å². The second-order valence-corrected chi connectivity index (χ2v) is 9.86. The maximum Gasteiger partial charge on any atom is 0.241 e. The second-order valence-electron chi connectivity index (χ2n) is 6.66. The zero-order chi connectivity index (χ0) is 18.7. The van der Waals surface area contributed by atoms with E-state index in [0.717, 1.165) is 47.0 Å². The van der Waals surface area contributed by atoms with Gasteiger partial charge in [0, 0.05) is 22.3 Å². The third kappa shape index (κ3) is 4.28. The first kappa shape index (κ1) is 19.4. The predicted molar refractivity (Wildman–Crippen MR) is 106 cm³/mol. The number of rotatable bonds is 7. The van der Waals surface area contributed by atoms with Crippen LogP contribution in [0.15, 0.2) is 35.2 Å². The highest BCUT2D eigenvalue weighted by molar-refractivity contribution is 7.89. The van der Waals surface area contributed by atoms with Crippen LogP contribution in [-0.2, 0) is 10.0 Å². The van der Waals surface area contributed by atoms with Crippen LogP contribution >= 0.6 is 11.3 Å². The molecule has 0 spiro atoms. The fraction of sp³-hybridized carbons (Fsp3) is 0.474. The molecule has 5 nitrogen and oxygen atoms in total. The first-order chi connectivity index (χ1) is 12.4. The molecule has 0 saturated carbocycles. The molecule has 3 rings (SSSR count). The molecule has 1 atom stereocenters. The minimum absolute atomic E-state index is 0.00223. The van der Waals surface area contributed by atoms with Crippen LogP contribution in [-0.4, -0.2) is 40.1 Å². The van der Waals surface area contributed by atoms with Crippen molar-refractivity contribution < 1.29 is 13.2 Å². The van der Waals surface area contributed by atoms with Crippen molar-refractivity contribution in [2.75, 3.05) is 26.7 Å². The molecule has 1 fully saturated rings. The van der Waals surface area contributed by atoms with Crippen LogP contribution < -0.4 is 9.46 Å². The molecule has 1 saturated heterocycles. The molecule has 2 heterocycles. The summed E-state index contributed by atoms with van der Waals surface area (Å²) in [4.78, 5) is 4.58. The van der Waals surface area contributed by atoms with Gasteiger partial charge in [-0.15, -0.1) is 11.3 Å². The summed E-state index contributed by atoms with van der Waals surface area (Å²) in [6.45, 7) is 6.11. The van der Waals surface area contributed by atoms with Gasteiger partial charge in [0.05, 0.1) is 12.0 Å². The Balaban J connectivity index is 1.83. The lowest BCUT2D eigenvalue weighted by Gasteiger charge is -2.28. The SMILES string of the molecule is COc1cccc(C(CNS(=O)(=O)c2cc(C)sc2C)N2CCCC2)c1. The summed E-state index contributed by atoms with van der Waals surface area (Å²) in [7, 11) is -1.87. The molecule has 26 heavy (non-hydrogen) atoms. The first-order valence-corrected chi connectivity index (χ1v) is 11.2. The summed E-state index contributed by atoms with van der Waals surface area (Å²) in [5.74, 6) is 0.791. The van der Waals surface area contributed by atoms with Crippen molar-refractivity contribution in [1.82, 2.24) is 9.62 Å². The summed E-state index contributed by atoms with van der Waals surface area (Å²) in [5, 5.41) is 0. The number of hydrogen-bond donors (Lipinski definition) is 1. The van der Waals surface area contributed by atoms with E-state index in [0.29, 0.717) is 11.4 Å². The summed E-state index contributed by atoms with van der Waals surface area (Å²) >= 11 is 1.51. The molecule has 1 aliphatic rings. The van der Waals surface area contributed by atoms with Crippen molar-refractivity contribution in [2.45, 2.75) is 37.6 Å². The minimum Gasteiger partial charge on any atom is -0.497 e. The van der Waals surface area contributed by atoms with Gasteiger partial charge in [-0.05, 0) is 63.5 Å². The van der Waals surface area contributed by atoms with Crippen LogP contribution in [0, 0.1) is 13.8 Å². The monoisotopic (exact) mass is 394 g/mol. The average Bonchev–Trinajstić information content (AvgIpc) is 3.25. The Hall–Kier alpha value is -1.41. The lowest BCUT2D eigenvalue weighted by Crippen LogP contribution is -2.36. The molecular formula is C19H26N2O3S2. The van der Waals surface area contributed by atoms with E-state index in [4.69, 9.17) is 4.74 Å². The van der Waals surface area contributed by atoms with Gasteiger partial charge in [-0.2, -0.15) is 0 Å². The standard InChI is InChI=1S/C19H26N2O3S2/c1-14-11-19(15(2)25-14)26(22,23)20-13-18(21-9-4-5-10-21)16-7-6-8-17(12-16)24-3/h6-8,11-12,18,20H,4-5,9-10,13H2,1-3H3. The fourth-order valence-electron chi connectivity index (χ4n) is 3.50. The Morgan fingerprint density at radius 2 is 1.96 bits per heavy atom. The smallest absolute Gasteiger partial charge is 0.241 e. The van der Waals surface area contributed by atoms with E-state index in [1.165, 1.54) is 11.3 Å². The van der Waals surface area contributed by atoms with Crippen LogP contribution in [0.25, 0.3) is 0 Å². The largest absolute Gasteiger partial charge is 0.497 e. The van der Waals surface area contributed by atoms with Crippen molar-refractivity contribution in [2.24, 2.45) is 0 Å². The molecule has 1 N–H and O–H groups in total. The van der Waals surface area contributed by atoms with Crippen LogP contribution in [0.4, 0.5) is 0 Å². The van der Waals surface area contributed by atoms with E-state index in [9.17, 15) is 8.42 Å². The number of benzene rings is 1. The lowest BCUT2D eigenvalue weighted by atomic mass is 10.1. The number of ether oxygens (including phenoxy) is 1. The third-order valence-electron chi connectivity index (χ3n) is 4.81. The topological polar surface area (TPSA) is 58.6 Å². The molecule has 7 heteroatoms. The van der Waals surface area contributed by atoms with E-state index in [1.807, 2.05) is 38.1 Å². The Bertz CT molecular complexity index is 855. The number of likely N-dealkylation sites (tertiary alicyclic amines) is 1. The van der Waals surface area contributed by atoms with Gasteiger partial charge in [0.25, 0.3) is 0 Å². The van der Waals surface area contributed by atoms with Crippen molar-refractivity contribution >= 4 is 21.4 Å². The number of hydrogen-bond acceptors (Lipinski definition) is 5. The van der Waals surface area contributed by atoms with Gasteiger partial charge < -0.3 is 4.74 Å². The Morgan fingerprint density at radius 1 is 1.23 bits per heavy atom. The fourth-order valence-corrected chi connectivity index (χ4v) is 6.09. The number of aryl methyl sites for hydroxylation is 2. The lowest BCUT2D eigenvalue weighted by molar-refractivity contribution is 0.246. The molecule has 0 bridgehead atoms. The predicted octanol–water partition coefficient (Wildman–Crippen LogP) is 3.49. The van der Waals surface area contributed by atoms with E-state index in [2.05, 4.69) is 9.62 Å². The normalized spacial score (nSPS) is 16.7. The highest BCUT2D eigenvalue weighted by Gasteiger charge is 2.27. The third-order valence-corrected chi connectivity index (χ3v) is 7.46. The van der Waals surface area contributed by atoms with Gasteiger partial charge in [0.15, 0.2) is 0 Å². The number of nitrogens with one attached hydrogen (secondary N) is 1. The molecule has 1 aromatic carbocycles. The molecular weight excluding hydrogens is 368 g/mol. The van der Waals surface area contributed by atoms with E-state index in [-0.39, 0.29) is 6.04 Å². The van der Waals surface area contributed by atoms with Crippen LogP contribution in [0.2, 0.25) is 0 Å². The Morgan fingerprint density at radius 3 is 2.58 bits per heavy atom. The van der Waals surface area contributed by atoms with Crippen molar-refractivity contribution in [3.63, 3.8) is 0 Å². The zero-order valence-corrected chi connectivity index (χ0v) is 17.1. The average molecular weight is 395 g/mol. The molecule has 1 unspecified atom stereocenters. The van der Waals surface area contributed by atoms with Crippen molar-refractivity contribution in [1.29, 1.82) is 0 Å². The highest BCUT2D eigenvalue weighted by atomic mass is 32.2. The Labute approximate surface area is 160 Å². The molecule has 2 aromatic rings. The van der Waals surface area contributed by atoms with Crippen LogP contribution in [0.5, 0.6) is 5.75 Å². The Kier molecular flexibility index (Phi) is 6.02. The molecule has 0 aliphatic carbocycles. The van der Waals surface area contributed by atoms with Crippen molar-refractivity contribution in [3.05, 3.63) is 45.6 Å².